The second kappa shape index (κ2) is 5.36. The SMILES string of the molecule is CC1CC2(CCCCCCC2)Nc2ccc(Cl)cc21. The summed E-state index contributed by atoms with van der Waals surface area (Å²) in [4.78, 5) is 0. The van der Waals surface area contributed by atoms with E-state index in [0.717, 1.165) is 5.02 Å². The molecule has 19 heavy (non-hydrogen) atoms. The van der Waals surface area contributed by atoms with Crippen LogP contribution in [0.15, 0.2) is 18.2 Å². The monoisotopic (exact) mass is 277 g/mol. The van der Waals surface area contributed by atoms with Crippen molar-refractivity contribution in [1.82, 2.24) is 0 Å². The zero-order valence-corrected chi connectivity index (χ0v) is 12.6. The van der Waals surface area contributed by atoms with Crippen molar-refractivity contribution in [3.05, 3.63) is 28.8 Å². The molecule has 1 atom stereocenters. The summed E-state index contributed by atoms with van der Waals surface area (Å²) in [5.74, 6) is 0.620. The van der Waals surface area contributed by atoms with Gasteiger partial charge in [0.05, 0.1) is 0 Å². The number of hydrogen-bond donors (Lipinski definition) is 1. The molecule has 1 heterocycles. The lowest BCUT2D eigenvalue weighted by Crippen LogP contribution is -2.43. The minimum Gasteiger partial charge on any atom is -0.379 e. The van der Waals surface area contributed by atoms with Gasteiger partial charge in [-0.05, 0) is 48.9 Å². The summed E-state index contributed by atoms with van der Waals surface area (Å²) in [5, 5.41) is 4.74. The van der Waals surface area contributed by atoms with Gasteiger partial charge in [-0.3, -0.25) is 0 Å². The van der Waals surface area contributed by atoms with Gasteiger partial charge in [-0.15, -0.1) is 0 Å². The van der Waals surface area contributed by atoms with Crippen LogP contribution < -0.4 is 5.32 Å². The predicted molar refractivity (Wildman–Crippen MR) is 83.2 cm³/mol. The lowest BCUT2D eigenvalue weighted by Gasteiger charge is -2.44. The summed E-state index contributed by atoms with van der Waals surface area (Å²) >= 11 is 6.14. The standard InChI is InChI=1S/C17H24ClN/c1-13-12-17(9-5-3-2-4-6-10-17)19-16-8-7-14(18)11-15(13)16/h7-8,11,13,19H,2-6,9-10,12H2,1H3. The highest BCUT2D eigenvalue weighted by Gasteiger charge is 2.36. The third-order valence-corrected chi connectivity index (χ3v) is 5.19. The highest BCUT2D eigenvalue weighted by atomic mass is 35.5. The van der Waals surface area contributed by atoms with Crippen LogP contribution in [0.1, 0.15) is 69.8 Å². The van der Waals surface area contributed by atoms with Gasteiger partial charge in [-0.1, -0.05) is 50.6 Å². The Morgan fingerprint density at radius 1 is 1.11 bits per heavy atom. The Kier molecular flexibility index (Phi) is 3.75. The van der Waals surface area contributed by atoms with E-state index >= 15 is 0 Å². The van der Waals surface area contributed by atoms with Gasteiger partial charge in [-0.2, -0.15) is 0 Å². The van der Waals surface area contributed by atoms with Crippen LogP contribution in [0.2, 0.25) is 5.02 Å². The normalized spacial score (nSPS) is 26.1. The van der Waals surface area contributed by atoms with Crippen LogP contribution in [0.5, 0.6) is 0 Å². The molecule has 0 amide bonds. The summed E-state index contributed by atoms with van der Waals surface area (Å²) in [6.07, 6.45) is 10.9. The molecule has 104 valence electrons. The van der Waals surface area contributed by atoms with Crippen LogP contribution in [-0.4, -0.2) is 5.54 Å². The molecule has 0 aromatic heterocycles. The Morgan fingerprint density at radius 2 is 1.79 bits per heavy atom. The fourth-order valence-electron chi connectivity index (χ4n) is 4.00. The average Bonchev–Trinajstić information content (AvgIpc) is 2.36. The first-order valence-corrected chi connectivity index (χ1v) is 8.14. The van der Waals surface area contributed by atoms with E-state index in [2.05, 4.69) is 24.4 Å². The topological polar surface area (TPSA) is 12.0 Å². The molecule has 1 saturated carbocycles. The molecule has 1 N–H and O–H groups in total. The molecule has 0 bridgehead atoms. The summed E-state index contributed by atoms with van der Waals surface area (Å²) < 4.78 is 0. The van der Waals surface area contributed by atoms with Crippen molar-refractivity contribution in [2.75, 3.05) is 5.32 Å². The van der Waals surface area contributed by atoms with Crippen LogP contribution in [-0.2, 0) is 0 Å². The van der Waals surface area contributed by atoms with Crippen LogP contribution in [0, 0.1) is 0 Å². The summed E-state index contributed by atoms with van der Waals surface area (Å²) in [6, 6.07) is 6.33. The van der Waals surface area contributed by atoms with E-state index in [4.69, 9.17) is 11.6 Å². The second-order valence-electron chi connectivity index (χ2n) is 6.51. The van der Waals surface area contributed by atoms with Gasteiger partial charge in [0.1, 0.15) is 0 Å². The van der Waals surface area contributed by atoms with E-state index in [1.165, 1.54) is 62.6 Å². The molecule has 2 aliphatic rings. The van der Waals surface area contributed by atoms with Crippen LogP contribution in [0.25, 0.3) is 0 Å². The summed E-state index contributed by atoms with van der Waals surface area (Å²) in [5.41, 5.74) is 3.07. The number of rotatable bonds is 0. The Hall–Kier alpha value is -0.690. The smallest absolute Gasteiger partial charge is 0.0410 e. The molecule has 2 heteroatoms. The van der Waals surface area contributed by atoms with Crippen molar-refractivity contribution >= 4 is 17.3 Å². The molecular formula is C17H24ClN. The molecule has 1 aromatic carbocycles. The lowest BCUT2D eigenvalue weighted by atomic mass is 9.73. The average molecular weight is 278 g/mol. The maximum Gasteiger partial charge on any atom is 0.0410 e. The molecular weight excluding hydrogens is 254 g/mol. The minimum absolute atomic E-state index is 0.348. The predicted octanol–water partition coefficient (Wildman–Crippen LogP) is 5.74. The van der Waals surface area contributed by atoms with Crippen molar-refractivity contribution in [3.63, 3.8) is 0 Å². The number of benzene rings is 1. The number of anilines is 1. The van der Waals surface area contributed by atoms with E-state index in [-0.39, 0.29) is 0 Å². The second-order valence-corrected chi connectivity index (χ2v) is 6.95. The largest absolute Gasteiger partial charge is 0.379 e. The van der Waals surface area contributed by atoms with Gasteiger partial charge in [-0.25, -0.2) is 0 Å². The Balaban J connectivity index is 1.88. The van der Waals surface area contributed by atoms with Crippen LogP contribution in [0.4, 0.5) is 5.69 Å². The van der Waals surface area contributed by atoms with E-state index in [0.29, 0.717) is 11.5 Å². The Bertz CT molecular complexity index is 447. The molecule has 0 radical (unpaired) electrons. The summed E-state index contributed by atoms with van der Waals surface area (Å²) in [7, 11) is 0. The Morgan fingerprint density at radius 3 is 2.53 bits per heavy atom. The van der Waals surface area contributed by atoms with Gasteiger partial charge in [0.25, 0.3) is 0 Å². The van der Waals surface area contributed by atoms with Crippen molar-refractivity contribution < 1.29 is 0 Å². The number of hydrogen-bond acceptors (Lipinski definition) is 1. The van der Waals surface area contributed by atoms with E-state index < -0.39 is 0 Å². The quantitative estimate of drug-likeness (QED) is 0.637. The van der Waals surface area contributed by atoms with Crippen LogP contribution in [0.3, 0.4) is 0 Å². The van der Waals surface area contributed by atoms with Crippen molar-refractivity contribution in [3.8, 4) is 0 Å². The molecule has 1 spiro atoms. The zero-order chi connectivity index (χ0) is 13.3. The van der Waals surface area contributed by atoms with Gasteiger partial charge < -0.3 is 5.32 Å². The third-order valence-electron chi connectivity index (χ3n) is 4.95. The highest BCUT2D eigenvalue weighted by Crippen LogP contribution is 2.44. The first kappa shape index (κ1) is 13.3. The molecule has 0 saturated heterocycles. The van der Waals surface area contributed by atoms with Crippen molar-refractivity contribution in [1.29, 1.82) is 0 Å². The Labute approximate surface area is 121 Å². The fraction of sp³-hybridized carbons (Fsp3) is 0.647. The van der Waals surface area contributed by atoms with Gasteiger partial charge in [0.2, 0.25) is 0 Å². The van der Waals surface area contributed by atoms with E-state index in [1.54, 1.807) is 0 Å². The molecule has 3 rings (SSSR count). The first-order valence-electron chi connectivity index (χ1n) is 7.76. The minimum atomic E-state index is 0.348. The number of nitrogens with one attached hydrogen (secondary N) is 1. The van der Waals surface area contributed by atoms with Crippen LogP contribution >= 0.6 is 11.6 Å². The third kappa shape index (κ3) is 2.76. The zero-order valence-electron chi connectivity index (χ0n) is 11.8. The molecule has 1 aliphatic heterocycles. The van der Waals surface area contributed by atoms with Crippen molar-refractivity contribution in [2.24, 2.45) is 0 Å². The number of halogens is 1. The lowest BCUT2D eigenvalue weighted by molar-refractivity contribution is 0.300. The molecule has 1 fully saturated rings. The maximum atomic E-state index is 6.14. The van der Waals surface area contributed by atoms with Gasteiger partial charge >= 0.3 is 0 Å². The first-order chi connectivity index (χ1) is 9.19. The molecule has 1 aromatic rings. The highest BCUT2D eigenvalue weighted by molar-refractivity contribution is 6.30. The summed E-state index contributed by atoms with van der Waals surface area (Å²) in [6.45, 7) is 2.36. The number of fused-ring (bicyclic) bond motifs is 1. The fourth-order valence-corrected chi connectivity index (χ4v) is 4.18. The maximum absolute atomic E-state index is 6.14. The van der Waals surface area contributed by atoms with E-state index in [9.17, 15) is 0 Å². The molecule has 1 aliphatic carbocycles. The van der Waals surface area contributed by atoms with Gasteiger partial charge in [0.15, 0.2) is 0 Å². The molecule has 1 nitrogen and oxygen atoms in total. The van der Waals surface area contributed by atoms with Crippen molar-refractivity contribution in [2.45, 2.75) is 69.7 Å². The van der Waals surface area contributed by atoms with E-state index in [1.807, 2.05) is 6.07 Å². The van der Waals surface area contributed by atoms with Gasteiger partial charge in [0, 0.05) is 16.2 Å². The molecule has 1 unspecified atom stereocenters.